The zero-order valence-electron chi connectivity index (χ0n) is 10.7. The molecule has 4 nitrogen and oxygen atoms in total. The van der Waals surface area contributed by atoms with Gasteiger partial charge in [-0.2, -0.15) is 5.10 Å². The SMILES string of the molecule is O[C@H]1CCCC[C@H]1CNc1cc(Br)cc2[nH]ncc12. The number of aliphatic hydroxyl groups excluding tert-OH is 1. The number of halogens is 1. The highest BCUT2D eigenvalue weighted by molar-refractivity contribution is 9.10. The van der Waals surface area contributed by atoms with Gasteiger partial charge in [-0.1, -0.05) is 28.8 Å². The highest BCUT2D eigenvalue weighted by Gasteiger charge is 2.22. The molecule has 0 bridgehead atoms. The maximum absolute atomic E-state index is 10.0. The number of anilines is 1. The molecule has 2 aromatic rings. The smallest absolute Gasteiger partial charge is 0.0682 e. The number of nitrogens with one attached hydrogen (secondary N) is 2. The molecule has 3 N–H and O–H groups in total. The van der Waals surface area contributed by atoms with Crippen molar-refractivity contribution in [3.05, 3.63) is 22.8 Å². The molecule has 1 aromatic carbocycles. The van der Waals surface area contributed by atoms with E-state index in [1.165, 1.54) is 6.42 Å². The fraction of sp³-hybridized carbons (Fsp3) is 0.500. The first kappa shape index (κ1) is 12.9. The highest BCUT2D eigenvalue weighted by atomic mass is 79.9. The van der Waals surface area contributed by atoms with Crippen LogP contribution in [0.15, 0.2) is 22.8 Å². The van der Waals surface area contributed by atoms with E-state index in [0.29, 0.717) is 5.92 Å². The molecule has 3 rings (SSSR count). The number of fused-ring (bicyclic) bond motifs is 1. The van der Waals surface area contributed by atoms with Crippen molar-refractivity contribution in [2.75, 3.05) is 11.9 Å². The fourth-order valence-electron chi connectivity index (χ4n) is 2.83. The average Bonchev–Trinajstić information content (AvgIpc) is 2.85. The third-order valence-electron chi connectivity index (χ3n) is 3.95. The molecule has 0 radical (unpaired) electrons. The summed E-state index contributed by atoms with van der Waals surface area (Å²) in [6, 6.07) is 4.08. The lowest BCUT2D eigenvalue weighted by atomic mass is 9.86. The van der Waals surface area contributed by atoms with Crippen LogP contribution in [-0.2, 0) is 0 Å². The van der Waals surface area contributed by atoms with Crippen molar-refractivity contribution in [3.63, 3.8) is 0 Å². The van der Waals surface area contributed by atoms with E-state index < -0.39 is 0 Å². The van der Waals surface area contributed by atoms with E-state index >= 15 is 0 Å². The van der Waals surface area contributed by atoms with Crippen molar-refractivity contribution in [2.45, 2.75) is 31.8 Å². The minimum Gasteiger partial charge on any atom is -0.393 e. The van der Waals surface area contributed by atoms with Crippen LogP contribution in [0.5, 0.6) is 0 Å². The number of aromatic nitrogens is 2. The van der Waals surface area contributed by atoms with E-state index in [0.717, 1.165) is 46.9 Å². The molecule has 0 unspecified atom stereocenters. The van der Waals surface area contributed by atoms with Gasteiger partial charge in [-0.25, -0.2) is 0 Å². The second kappa shape index (κ2) is 5.51. The van der Waals surface area contributed by atoms with Gasteiger partial charge in [-0.15, -0.1) is 0 Å². The van der Waals surface area contributed by atoms with Crippen molar-refractivity contribution in [1.29, 1.82) is 0 Å². The van der Waals surface area contributed by atoms with Crippen LogP contribution in [0.3, 0.4) is 0 Å². The van der Waals surface area contributed by atoms with Crippen molar-refractivity contribution >= 4 is 32.5 Å². The summed E-state index contributed by atoms with van der Waals surface area (Å²) in [6.45, 7) is 0.817. The van der Waals surface area contributed by atoms with Crippen LogP contribution >= 0.6 is 15.9 Å². The predicted molar refractivity (Wildman–Crippen MR) is 80.2 cm³/mol. The Balaban J connectivity index is 1.75. The summed E-state index contributed by atoms with van der Waals surface area (Å²) in [5, 5.41) is 21.6. The van der Waals surface area contributed by atoms with Gasteiger partial charge in [-0.3, -0.25) is 5.10 Å². The van der Waals surface area contributed by atoms with Gasteiger partial charge >= 0.3 is 0 Å². The van der Waals surface area contributed by atoms with E-state index in [4.69, 9.17) is 0 Å². The highest BCUT2D eigenvalue weighted by Crippen LogP contribution is 2.29. The Hall–Kier alpha value is -1.07. The lowest BCUT2D eigenvalue weighted by Crippen LogP contribution is -2.30. The molecule has 0 amide bonds. The molecule has 0 aliphatic heterocycles. The maximum atomic E-state index is 10.0. The zero-order chi connectivity index (χ0) is 13.2. The third kappa shape index (κ3) is 2.77. The Morgan fingerprint density at radius 3 is 3.05 bits per heavy atom. The Labute approximate surface area is 120 Å². The molecule has 2 atom stereocenters. The number of aliphatic hydroxyl groups is 1. The fourth-order valence-corrected chi connectivity index (χ4v) is 3.29. The van der Waals surface area contributed by atoms with Gasteiger partial charge in [0.2, 0.25) is 0 Å². The van der Waals surface area contributed by atoms with E-state index in [1.54, 1.807) is 0 Å². The third-order valence-corrected chi connectivity index (χ3v) is 4.40. The quantitative estimate of drug-likeness (QED) is 0.812. The van der Waals surface area contributed by atoms with E-state index in [2.05, 4.69) is 37.5 Å². The Kier molecular flexibility index (Phi) is 3.75. The minimum absolute atomic E-state index is 0.159. The molecule has 1 aliphatic carbocycles. The maximum Gasteiger partial charge on any atom is 0.0682 e. The van der Waals surface area contributed by atoms with E-state index in [-0.39, 0.29) is 6.10 Å². The monoisotopic (exact) mass is 323 g/mol. The van der Waals surface area contributed by atoms with Crippen molar-refractivity contribution < 1.29 is 5.11 Å². The summed E-state index contributed by atoms with van der Waals surface area (Å²) in [4.78, 5) is 0. The van der Waals surface area contributed by atoms with Crippen molar-refractivity contribution in [2.24, 2.45) is 5.92 Å². The van der Waals surface area contributed by atoms with Crippen LogP contribution in [0.4, 0.5) is 5.69 Å². The van der Waals surface area contributed by atoms with Gasteiger partial charge in [0.15, 0.2) is 0 Å². The Morgan fingerprint density at radius 2 is 2.21 bits per heavy atom. The van der Waals surface area contributed by atoms with Gasteiger partial charge in [0, 0.05) is 28.0 Å². The second-order valence-corrected chi connectivity index (χ2v) is 6.19. The number of aromatic amines is 1. The first-order chi connectivity index (χ1) is 9.24. The summed E-state index contributed by atoms with van der Waals surface area (Å²) in [5.74, 6) is 0.356. The first-order valence-corrected chi connectivity index (χ1v) is 7.58. The van der Waals surface area contributed by atoms with Crippen LogP contribution in [0, 0.1) is 5.92 Å². The van der Waals surface area contributed by atoms with Crippen LogP contribution in [0.25, 0.3) is 10.9 Å². The number of nitrogens with zero attached hydrogens (tertiary/aromatic N) is 1. The molecule has 1 heterocycles. The molecule has 1 saturated carbocycles. The second-order valence-electron chi connectivity index (χ2n) is 5.28. The number of H-pyrrole nitrogens is 1. The summed E-state index contributed by atoms with van der Waals surface area (Å²) < 4.78 is 1.02. The number of hydrogen-bond acceptors (Lipinski definition) is 3. The molecular weight excluding hydrogens is 306 g/mol. The normalized spacial score (nSPS) is 23.7. The molecule has 0 saturated heterocycles. The zero-order valence-corrected chi connectivity index (χ0v) is 12.3. The lowest BCUT2D eigenvalue weighted by Gasteiger charge is -2.28. The molecule has 1 aromatic heterocycles. The van der Waals surface area contributed by atoms with Gasteiger partial charge < -0.3 is 10.4 Å². The van der Waals surface area contributed by atoms with Gasteiger partial charge in [0.25, 0.3) is 0 Å². The largest absolute Gasteiger partial charge is 0.393 e. The van der Waals surface area contributed by atoms with Crippen LogP contribution < -0.4 is 5.32 Å². The summed E-state index contributed by atoms with van der Waals surface area (Å²) in [5.41, 5.74) is 2.08. The number of benzene rings is 1. The average molecular weight is 324 g/mol. The van der Waals surface area contributed by atoms with Crippen molar-refractivity contribution in [3.8, 4) is 0 Å². The van der Waals surface area contributed by atoms with Crippen LogP contribution in [0.1, 0.15) is 25.7 Å². The Bertz CT molecular complexity index is 569. The van der Waals surface area contributed by atoms with Crippen LogP contribution in [-0.4, -0.2) is 28.0 Å². The molecule has 0 spiro atoms. The van der Waals surface area contributed by atoms with E-state index in [9.17, 15) is 5.11 Å². The topological polar surface area (TPSA) is 60.9 Å². The number of rotatable bonds is 3. The Morgan fingerprint density at radius 1 is 1.37 bits per heavy atom. The summed E-state index contributed by atoms with van der Waals surface area (Å²) in [7, 11) is 0. The van der Waals surface area contributed by atoms with Crippen LogP contribution in [0.2, 0.25) is 0 Å². The predicted octanol–water partition coefficient (Wildman–Crippen LogP) is 3.29. The first-order valence-electron chi connectivity index (χ1n) is 6.78. The molecule has 5 heteroatoms. The number of hydrogen-bond donors (Lipinski definition) is 3. The molecule has 1 aliphatic rings. The van der Waals surface area contributed by atoms with Gasteiger partial charge in [0.1, 0.15) is 0 Å². The van der Waals surface area contributed by atoms with Crippen molar-refractivity contribution in [1.82, 2.24) is 10.2 Å². The lowest BCUT2D eigenvalue weighted by molar-refractivity contribution is 0.0763. The molecule has 102 valence electrons. The molecule has 1 fully saturated rings. The van der Waals surface area contributed by atoms with Gasteiger partial charge in [0.05, 0.1) is 17.8 Å². The summed E-state index contributed by atoms with van der Waals surface area (Å²) in [6.07, 6.45) is 6.10. The molecule has 19 heavy (non-hydrogen) atoms. The van der Waals surface area contributed by atoms with Gasteiger partial charge in [-0.05, 0) is 25.0 Å². The minimum atomic E-state index is -0.159. The summed E-state index contributed by atoms with van der Waals surface area (Å²) >= 11 is 3.51. The van der Waals surface area contributed by atoms with E-state index in [1.807, 2.05) is 12.3 Å². The standard InChI is InChI=1S/C14H18BrN3O/c15-10-5-12(11-8-17-18-13(11)6-10)16-7-9-3-1-2-4-14(9)19/h5-6,8-9,14,16,19H,1-4,7H2,(H,17,18)/t9-,14-/m0/s1. The molecular formula is C14H18BrN3O.